The van der Waals surface area contributed by atoms with Gasteiger partial charge in [0.05, 0.1) is 14.2 Å². The topological polar surface area (TPSA) is 118 Å². The number of benzene rings is 3. The van der Waals surface area contributed by atoms with E-state index in [0.717, 1.165) is 16.8 Å². The number of carbonyl (C=O) groups excluding carboxylic acids is 2. The molecular formula is C28H30N6O4S. The second-order valence-electron chi connectivity index (χ2n) is 8.79. The summed E-state index contributed by atoms with van der Waals surface area (Å²) in [6, 6.07) is 20.9. The van der Waals surface area contributed by atoms with Crippen molar-refractivity contribution in [3.8, 4) is 22.1 Å². The van der Waals surface area contributed by atoms with E-state index in [1.807, 2.05) is 73.6 Å². The Kier molecular flexibility index (Phi) is 8.95. The number of amides is 3. The Labute approximate surface area is 231 Å². The zero-order chi connectivity index (χ0) is 27.8. The van der Waals surface area contributed by atoms with Gasteiger partial charge in [0.25, 0.3) is 0 Å². The van der Waals surface area contributed by atoms with E-state index in [4.69, 9.17) is 9.47 Å². The van der Waals surface area contributed by atoms with Crippen molar-refractivity contribution < 1.29 is 19.1 Å². The third-order valence-corrected chi connectivity index (χ3v) is 6.69. The number of anilines is 3. The summed E-state index contributed by atoms with van der Waals surface area (Å²) in [5.74, 6) is 0.626. The first kappa shape index (κ1) is 27.4. The Hall–Kier alpha value is -4.64. The number of nitrogens with zero attached hydrogens (tertiary/aromatic N) is 3. The fourth-order valence-electron chi connectivity index (χ4n) is 3.75. The molecule has 1 heterocycles. The third kappa shape index (κ3) is 7.45. The van der Waals surface area contributed by atoms with Gasteiger partial charge in [0, 0.05) is 55.7 Å². The molecule has 4 aromatic rings. The van der Waals surface area contributed by atoms with Crippen LogP contribution in [0, 0.1) is 0 Å². The van der Waals surface area contributed by atoms with Gasteiger partial charge in [0.15, 0.2) is 0 Å². The minimum Gasteiger partial charge on any atom is -0.497 e. The Morgan fingerprint density at radius 3 is 2.18 bits per heavy atom. The molecule has 0 spiro atoms. The first-order chi connectivity index (χ1) is 18.8. The van der Waals surface area contributed by atoms with Crippen LogP contribution in [-0.4, -0.2) is 56.5 Å². The standard InChI is InChI=1S/C28H30N6O4S/c1-34(2)21-12-10-19(11-13-21)26-32-33-28(39-26)31-25(35)24(14-18-8-6-5-7-9-18)30-27(36)29-20-15-22(37-3)17-23(16-20)38-4/h5-13,15-17,24H,14H2,1-4H3,(H2,29,30,36)(H,31,33,35)/t24-/m1/s1. The molecule has 0 aliphatic rings. The van der Waals surface area contributed by atoms with Crippen LogP contribution < -0.4 is 30.3 Å². The monoisotopic (exact) mass is 546 g/mol. The third-order valence-electron chi connectivity index (χ3n) is 5.80. The van der Waals surface area contributed by atoms with Gasteiger partial charge in [0.1, 0.15) is 22.5 Å². The number of methoxy groups -OCH3 is 2. The van der Waals surface area contributed by atoms with E-state index in [9.17, 15) is 9.59 Å². The van der Waals surface area contributed by atoms with E-state index in [2.05, 4.69) is 26.1 Å². The summed E-state index contributed by atoms with van der Waals surface area (Å²) in [7, 11) is 7.00. The lowest BCUT2D eigenvalue weighted by atomic mass is 10.1. The van der Waals surface area contributed by atoms with Crippen LogP contribution in [0.25, 0.3) is 10.6 Å². The molecule has 202 valence electrons. The average Bonchev–Trinajstić information content (AvgIpc) is 3.41. The lowest BCUT2D eigenvalue weighted by Gasteiger charge is -2.18. The maximum Gasteiger partial charge on any atom is 0.319 e. The van der Waals surface area contributed by atoms with Crippen LogP contribution in [0.1, 0.15) is 5.56 Å². The predicted octanol–water partition coefficient (Wildman–Crippen LogP) is 4.66. The number of hydrogen-bond acceptors (Lipinski definition) is 8. The van der Waals surface area contributed by atoms with Crippen molar-refractivity contribution >= 4 is 39.8 Å². The average molecular weight is 547 g/mol. The molecule has 0 fully saturated rings. The maximum atomic E-state index is 13.3. The van der Waals surface area contributed by atoms with E-state index >= 15 is 0 Å². The molecule has 4 rings (SSSR count). The van der Waals surface area contributed by atoms with Crippen molar-refractivity contribution in [1.29, 1.82) is 0 Å². The van der Waals surface area contributed by atoms with Gasteiger partial charge in [0.2, 0.25) is 11.0 Å². The van der Waals surface area contributed by atoms with E-state index in [0.29, 0.717) is 27.3 Å². The van der Waals surface area contributed by atoms with Crippen LogP contribution in [0.5, 0.6) is 11.5 Å². The maximum absolute atomic E-state index is 13.3. The second kappa shape index (κ2) is 12.7. The smallest absolute Gasteiger partial charge is 0.319 e. The fourth-order valence-corrected chi connectivity index (χ4v) is 4.50. The summed E-state index contributed by atoms with van der Waals surface area (Å²) in [4.78, 5) is 28.2. The molecule has 0 radical (unpaired) electrons. The Balaban J connectivity index is 1.48. The molecule has 10 nitrogen and oxygen atoms in total. The molecule has 0 unspecified atom stereocenters. The highest BCUT2D eigenvalue weighted by Gasteiger charge is 2.23. The molecule has 0 saturated heterocycles. The van der Waals surface area contributed by atoms with Crippen LogP contribution >= 0.6 is 11.3 Å². The number of ether oxygens (including phenoxy) is 2. The van der Waals surface area contributed by atoms with Gasteiger partial charge in [-0.25, -0.2) is 4.79 Å². The highest BCUT2D eigenvalue weighted by molar-refractivity contribution is 7.18. The number of rotatable bonds is 10. The molecule has 3 aromatic carbocycles. The first-order valence-electron chi connectivity index (χ1n) is 12.1. The van der Waals surface area contributed by atoms with Gasteiger partial charge >= 0.3 is 6.03 Å². The van der Waals surface area contributed by atoms with Gasteiger partial charge in [-0.2, -0.15) is 0 Å². The van der Waals surface area contributed by atoms with Crippen molar-refractivity contribution in [3.05, 3.63) is 78.4 Å². The zero-order valence-corrected chi connectivity index (χ0v) is 22.9. The number of hydrogen-bond donors (Lipinski definition) is 3. The number of carbonyl (C=O) groups is 2. The fraction of sp³-hybridized carbons (Fsp3) is 0.214. The molecule has 39 heavy (non-hydrogen) atoms. The van der Waals surface area contributed by atoms with Gasteiger partial charge in [-0.15, -0.1) is 10.2 Å². The van der Waals surface area contributed by atoms with Crippen LogP contribution in [0.15, 0.2) is 72.8 Å². The Bertz CT molecular complexity index is 1390. The van der Waals surface area contributed by atoms with Crippen LogP contribution in [-0.2, 0) is 11.2 Å². The normalized spacial score (nSPS) is 11.3. The first-order valence-corrected chi connectivity index (χ1v) is 12.9. The summed E-state index contributed by atoms with van der Waals surface area (Å²) in [6.45, 7) is 0. The summed E-state index contributed by atoms with van der Waals surface area (Å²) in [6.07, 6.45) is 0.277. The number of urea groups is 1. The molecule has 0 saturated carbocycles. The Morgan fingerprint density at radius 1 is 0.897 bits per heavy atom. The van der Waals surface area contributed by atoms with Crippen LogP contribution in [0.4, 0.5) is 21.3 Å². The minimum absolute atomic E-state index is 0.277. The second-order valence-corrected chi connectivity index (χ2v) is 9.76. The van der Waals surface area contributed by atoms with Crippen molar-refractivity contribution in [1.82, 2.24) is 15.5 Å². The summed E-state index contributed by atoms with van der Waals surface area (Å²) in [5, 5.41) is 17.7. The molecule has 0 aliphatic carbocycles. The SMILES string of the molecule is COc1cc(NC(=O)N[C@H](Cc2ccccc2)C(=O)Nc2nnc(-c3ccc(N(C)C)cc3)s2)cc(OC)c1. The molecule has 0 bridgehead atoms. The highest BCUT2D eigenvalue weighted by Crippen LogP contribution is 2.28. The van der Waals surface area contributed by atoms with Crippen LogP contribution in [0.3, 0.4) is 0 Å². The lowest BCUT2D eigenvalue weighted by molar-refractivity contribution is -0.117. The van der Waals surface area contributed by atoms with Crippen molar-refractivity contribution in [3.63, 3.8) is 0 Å². The molecule has 3 amide bonds. The van der Waals surface area contributed by atoms with Gasteiger partial charge in [-0.1, -0.05) is 41.7 Å². The van der Waals surface area contributed by atoms with E-state index in [-0.39, 0.29) is 6.42 Å². The molecule has 0 aliphatic heterocycles. The van der Waals surface area contributed by atoms with Gasteiger partial charge in [-0.3, -0.25) is 10.1 Å². The number of nitrogens with one attached hydrogen (secondary N) is 3. The predicted molar refractivity (Wildman–Crippen MR) is 154 cm³/mol. The van der Waals surface area contributed by atoms with E-state index < -0.39 is 18.0 Å². The van der Waals surface area contributed by atoms with Crippen molar-refractivity contribution in [2.45, 2.75) is 12.5 Å². The van der Waals surface area contributed by atoms with Crippen LogP contribution in [0.2, 0.25) is 0 Å². The quantitative estimate of drug-likeness (QED) is 0.265. The molecule has 11 heteroatoms. The molecule has 1 aromatic heterocycles. The van der Waals surface area contributed by atoms with Crippen molar-refractivity contribution in [2.75, 3.05) is 43.8 Å². The van der Waals surface area contributed by atoms with E-state index in [1.54, 1.807) is 18.2 Å². The zero-order valence-electron chi connectivity index (χ0n) is 22.1. The summed E-state index contributed by atoms with van der Waals surface area (Å²) in [5.41, 5.74) is 3.31. The Morgan fingerprint density at radius 2 is 1.56 bits per heavy atom. The van der Waals surface area contributed by atoms with E-state index in [1.165, 1.54) is 25.6 Å². The highest BCUT2D eigenvalue weighted by atomic mass is 32.1. The van der Waals surface area contributed by atoms with Gasteiger partial charge < -0.3 is 25.0 Å². The molecular weight excluding hydrogens is 516 g/mol. The molecule has 3 N–H and O–H groups in total. The summed E-state index contributed by atoms with van der Waals surface area (Å²) >= 11 is 1.26. The van der Waals surface area contributed by atoms with Gasteiger partial charge in [-0.05, 0) is 29.8 Å². The largest absolute Gasteiger partial charge is 0.497 e. The number of aromatic nitrogens is 2. The minimum atomic E-state index is -0.883. The lowest BCUT2D eigenvalue weighted by Crippen LogP contribution is -2.46. The summed E-state index contributed by atoms with van der Waals surface area (Å²) < 4.78 is 10.5. The molecule has 1 atom stereocenters. The van der Waals surface area contributed by atoms with Crippen molar-refractivity contribution in [2.24, 2.45) is 0 Å².